The number of fused-ring (bicyclic) bond motifs is 1. The average Bonchev–Trinajstić information content (AvgIpc) is 2.42. The minimum Gasteiger partial charge on any atom is -0.508 e. The van der Waals surface area contributed by atoms with E-state index in [1.165, 1.54) is 6.07 Å². The Labute approximate surface area is 124 Å². The Morgan fingerprint density at radius 3 is 2.81 bits per heavy atom. The Balaban J connectivity index is 2.12. The third-order valence-electron chi connectivity index (χ3n) is 3.80. The van der Waals surface area contributed by atoms with Gasteiger partial charge in [-0.05, 0) is 31.4 Å². The number of phenols is 2. The number of aromatic hydroxyl groups is 2. The molecular weight excluding hydrogens is 272 g/mol. The SMILES string of the molecule is CC(O)CCCC[C@H]1OC(C=O)Cc2cc(O)cc(O)c21. The fraction of sp³-hybridized carbons (Fsp3) is 0.562. The molecule has 1 aromatic rings. The lowest BCUT2D eigenvalue weighted by atomic mass is 9.90. The molecule has 1 aliphatic rings. The molecule has 1 heterocycles. The molecule has 1 aliphatic heterocycles. The molecular formula is C16H22O5. The summed E-state index contributed by atoms with van der Waals surface area (Å²) in [4.78, 5) is 11.0. The Bertz CT molecular complexity index is 498. The maximum Gasteiger partial charge on any atom is 0.149 e. The average molecular weight is 294 g/mol. The number of aliphatic hydroxyl groups is 1. The molecule has 2 rings (SSSR count). The van der Waals surface area contributed by atoms with Crippen LogP contribution in [0.5, 0.6) is 11.5 Å². The van der Waals surface area contributed by atoms with Crippen LogP contribution in [0, 0.1) is 0 Å². The highest BCUT2D eigenvalue weighted by Gasteiger charge is 2.30. The normalized spacial score (nSPS) is 22.6. The van der Waals surface area contributed by atoms with Crippen molar-refractivity contribution in [3.8, 4) is 11.5 Å². The van der Waals surface area contributed by atoms with E-state index in [0.29, 0.717) is 18.4 Å². The highest BCUT2D eigenvalue weighted by molar-refractivity contribution is 5.59. The number of hydrogen-bond acceptors (Lipinski definition) is 5. The Morgan fingerprint density at radius 1 is 1.38 bits per heavy atom. The molecule has 5 nitrogen and oxygen atoms in total. The number of rotatable bonds is 6. The van der Waals surface area contributed by atoms with Gasteiger partial charge in [-0.3, -0.25) is 0 Å². The lowest BCUT2D eigenvalue weighted by Crippen LogP contribution is -2.27. The van der Waals surface area contributed by atoms with Crippen LogP contribution in [0.2, 0.25) is 0 Å². The van der Waals surface area contributed by atoms with Gasteiger partial charge in [0.05, 0.1) is 12.2 Å². The van der Waals surface area contributed by atoms with Gasteiger partial charge < -0.3 is 24.9 Å². The van der Waals surface area contributed by atoms with Crippen molar-refractivity contribution in [2.75, 3.05) is 0 Å². The number of aldehydes is 1. The van der Waals surface area contributed by atoms with Crippen molar-refractivity contribution in [1.29, 1.82) is 0 Å². The van der Waals surface area contributed by atoms with E-state index < -0.39 is 6.10 Å². The van der Waals surface area contributed by atoms with Crippen molar-refractivity contribution in [2.24, 2.45) is 0 Å². The third kappa shape index (κ3) is 3.95. The summed E-state index contributed by atoms with van der Waals surface area (Å²) in [6.45, 7) is 1.75. The van der Waals surface area contributed by atoms with Gasteiger partial charge >= 0.3 is 0 Å². The van der Waals surface area contributed by atoms with Crippen molar-refractivity contribution >= 4 is 6.29 Å². The highest BCUT2D eigenvalue weighted by Crippen LogP contribution is 2.40. The van der Waals surface area contributed by atoms with E-state index in [4.69, 9.17) is 4.74 Å². The van der Waals surface area contributed by atoms with E-state index in [1.807, 2.05) is 0 Å². The van der Waals surface area contributed by atoms with Crippen LogP contribution < -0.4 is 0 Å². The topological polar surface area (TPSA) is 87.0 Å². The van der Waals surface area contributed by atoms with Gasteiger partial charge in [-0.25, -0.2) is 0 Å². The van der Waals surface area contributed by atoms with Crippen molar-refractivity contribution < 1.29 is 24.9 Å². The van der Waals surface area contributed by atoms with Gasteiger partial charge in [0.25, 0.3) is 0 Å². The summed E-state index contributed by atoms with van der Waals surface area (Å²) >= 11 is 0. The maximum absolute atomic E-state index is 11.0. The number of aliphatic hydroxyl groups excluding tert-OH is 1. The van der Waals surface area contributed by atoms with Crippen LogP contribution >= 0.6 is 0 Å². The second kappa shape index (κ2) is 6.91. The Hall–Kier alpha value is -1.59. The molecule has 0 aromatic heterocycles. The van der Waals surface area contributed by atoms with E-state index in [1.54, 1.807) is 13.0 Å². The van der Waals surface area contributed by atoms with E-state index in [0.717, 1.165) is 31.1 Å². The molecule has 5 heteroatoms. The van der Waals surface area contributed by atoms with Gasteiger partial charge in [0.15, 0.2) is 0 Å². The second-order valence-electron chi connectivity index (χ2n) is 5.67. The minimum absolute atomic E-state index is 0.00865. The summed E-state index contributed by atoms with van der Waals surface area (Å²) in [5.41, 5.74) is 1.43. The van der Waals surface area contributed by atoms with Crippen LogP contribution in [0.3, 0.4) is 0 Å². The summed E-state index contributed by atoms with van der Waals surface area (Å²) < 4.78 is 5.72. The summed E-state index contributed by atoms with van der Waals surface area (Å²) in [6.07, 6.45) is 2.99. The number of benzene rings is 1. The molecule has 0 amide bonds. The molecule has 2 unspecified atom stereocenters. The predicted octanol–water partition coefficient (Wildman–Crippen LogP) is 2.22. The molecule has 0 bridgehead atoms. The molecule has 0 aliphatic carbocycles. The largest absolute Gasteiger partial charge is 0.508 e. The first-order valence-electron chi connectivity index (χ1n) is 7.34. The zero-order valence-electron chi connectivity index (χ0n) is 12.2. The first-order chi connectivity index (χ1) is 10.0. The number of carbonyl (C=O) groups excluding carboxylic acids is 1. The summed E-state index contributed by atoms with van der Waals surface area (Å²) in [5, 5.41) is 28.9. The molecule has 0 fully saturated rings. The molecule has 3 N–H and O–H groups in total. The molecule has 0 spiro atoms. The Kier molecular flexibility index (Phi) is 5.20. The van der Waals surface area contributed by atoms with Crippen molar-refractivity contribution in [2.45, 2.75) is 57.3 Å². The lowest BCUT2D eigenvalue weighted by Gasteiger charge is -2.30. The first kappa shape index (κ1) is 15.8. The smallest absolute Gasteiger partial charge is 0.149 e. The van der Waals surface area contributed by atoms with E-state index in [2.05, 4.69) is 0 Å². The molecule has 3 atom stereocenters. The highest BCUT2D eigenvalue weighted by atomic mass is 16.5. The summed E-state index contributed by atoms with van der Waals surface area (Å²) in [5.74, 6) is 0.000490. The first-order valence-corrected chi connectivity index (χ1v) is 7.34. The number of phenolic OH excluding ortho intramolecular Hbond substituents is 2. The molecule has 1 aromatic carbocycles. The van der Waals surface area contributed by atoms with Gasteiger partial charge in [0.2, 0.25) is 0 Å². The van der Waals surface area contributed by atoms with Crippen LogP contribution in [0.4, 0.5) is 0 Å². The summed E-state index contributed by atoms with van der Waals surface area (Å²) in [6, 6.07) is 2.88. The minimum atomic E-state index is -0.541. The summed E-state index contributed by atoms with van der Waals surface area (Å²) in [7, 11) is 0. The van der Waals surface area contributed by atoms with E-state index >= 15 is 0 Å². The zero-order valence-corrected chi connectivity index (χ0v) is 12.2. The van der Waals surface area contributed by atoms with Crippen molar-refractivity contribution in [3.05, 3.63) is 23.3 Å². The van der Waals surface area contributed by atoms with E-state index in [9.17, 15) is 20.1 Å². The molecule has 0 saturated carbocycles. The second-order valence-corrected chi connectivity index (χ2v) is 5.67. The van der Waals surface area contributed by atoms with Gasteiger partial charge in [-0.2, -0.15) is 0 Å². The molecule has 21 heavy (non-hydrogen) atoms. The fourth-order valence-corrected chi connectivity index (χ4v) is 2.83. The molecule has 0 radical (unpaired) electrons. The zero-order chi connectivity index (χ0) is 15.4. The molecule has 116 valence electrons. The number of ether oxygens (including phenoxy) is 1. The van der Waals surface area contributed by atoms with Crippen molar-refractivity contribution in [1.82, 2.24) is 0 Å². The van der Waals surface area contributed by atoms with Crippen LogP contribution in [0.25, 0.3) is 0 Å². The standard InChI is InChI=1S/C16H22O5/c1-10(18)4-2-3-5-15-16-11(7-13(9-17)21-15)6-12(19)8-14(16)20/h6,8-10,13,15,18-20H,2-5,7H2,1H3/t10?,13?,15-/m1/s1. The quantitative estimate of drug-likeness (QED) is 0.553. The number of unbranched alkanes of at least 4 members (excludes halogenated alkanes) is 1. The van der Waals surface area contributed by atoms with E-state index in [-0.39, 0.29) is 23.7 Å². The third-order valence-corrected chi connectivity index (χ3v) is 3.80. The van der Waals surface area contributed by atoms with Crippen LogP contribution in [-0.2, 0) is 16.0 Å². The lowest BCUT2D eigenvalue weighted by molar-refractivity contribution is -0.124. The van der Waals surface area contributed by atoms with Crippen molar-refractivity contribution in [3.63, 3.8) is 0 Å². The fourth-order valence-electron chi connectivity index (χ4n) is 2.83. The van der Waals surface area contributed by atoms with Gasteiger partial charge in [-0.1, -0.05) is 12.8 Å². The van der Waals surface area contributed by atoms with Crippen LogP contribution in [0.15, 0.2) is 12.1 Å². The van der Waals surface area contributed by atoms with Crippen LogP contribution in [-0.4, -0.2) is 33.8 Å². The maximum atomic E-state index is 11.0. The monoisotopic (exact) mass is 294 g/mol. The van der Waals surface area contributed by atoms with Gasteiger partial charge in [-0.15, -0.1) is 0 Å². The predicted molar refractivity (Wildman–Crippen MR) is 77.3 cm³/mol. The Morgan fingerprint density at radius 2 is 2.14 bits per heavy atom. The van der Waals surface area contributed by atoms with Gasteiger partial charge in [0, 0.05) is 18.1 Å². The van der Waals surface area contributed by atoms with Crippen LogP contribution in [0.1, 0.15) is 49.8 Å². The number of hydrogen-bond donors (Lipinski definition) is 3. The van der Waals surface area contributed by atoms with Gasteiger partial charge in [0.1, 0.15) is 23.9 Å². The molecule has 0 saturated heterocycles. The number of carbonyl (C=O) groups is 1.